The van der Waals surface area contributed by atoms with Crippen LogP contribution in [0.25, 0.3) is 0 Å². The first-order chi connectivity index (χ1) is 8.19. The molecule has 2 aliphatic rings. The van der Waals surface area contributed by atoms with E-state index in [0.29, 0.717) is 26.2 Å². The molecule has 1 amide bonds. The lowest BCUT2D eigenvalue weighted by Crippen LogP contribution is -2.54. The third-order valence-corrected chi connectivity index (χ3v) is 4.52. The van der Waals surface area contributed by atoms with Gasteiger partial charge in [0, 0.05) is 26.2 Å². The molecule has 2 aliphatic heterocycles. The van der Waals surface area contributed by atoms with Crippen molar-refractivity contribution < 1.29 is 17.9 Å². The maximum atomic E-state index is 11.9. The molecular formula is C10H19N3O4S. The summed E-state index contributed by atoms with van der Waals surface area (Å²) in [6.45, 7) is 6.84. The van der Waals surface area contributed by atoms with E-state index in [4.69, 9.17) is 4.74 Å². The zero-order chi connectivity index (χ0) is 13.6. The molecule has 18 heavy (non-hydrogen) atoms. The molecule has 1 N–H and O–H groups in total. The number of amides is 1. The molecule has 0 saturated carbocycles. The van der Waals surface area contributed by atoms with Crippen molar-refractivity contribution in [2.75, 3.05) is 26.2 Å². The van der Waals surface area contributed by atoms with Crippen LogP contribution in [0.3, 0.4) is 0 Å². The number of piperazine rings is 1. The molecule has 0 bridgehead atoms. The Labute approximate surface area is 107 Å². The van der Waals surface area contributed by atoms with Crippen LogP contribution in [0.1, 0.15) is 20.8 Å². The lowest BCUT2D eigenvalue weighted by atomic mass is 10.2. The first kappa shape index (κ1) is 13.6. The van der Waals surface area contributed by atoms with Gasteiger partial charge in [0.2, 0.25) is 0 Å². The van der Waals surface area contributed by atoms with Crippen LogP contribution in [-0.2, 0) is 14.9 Å². The monoisotopic (exact) mass is 277 g/mol. The zero-order valence-corrected chi connectivity index (χ0v) is 11.7. The second kappa shape index (κ2) is 4.36. The van der Waals surface area contributed by atoms with Gasteiger partial charge < -0.3 is 9.64 Å². The van der Waals surface area contributed by atoms with E-state index in [9.17, 15) is 13.2 Å². The average molecular weight is 277 g/mol. The molecule has 2 heterocycles. The van der Waals surface area contributed by atoms with Crippen LogP contribution in [0.15, 0.2) is 0 Å². The van der Waals surface area contributed by atoms with Gasteiger partial charge in [0.15, 0.2) is 0 Å². The zero-order valence-electron chi connectivity index (χ0n) is 10.8. The SMILES string of the molecule is CC(C)(C)OC(=O)N1CCN2[C@@H](CNS2(=O)=O)C1. The number of nitrogens with zero attached hydrogens (tertiary/aromatic N) is 2. The van der Waals surface area contributed by atoms with Crippen LogP contribution in [-0.4, -0.2) is 61.5 Å². The Hall–Kier alpha value is -0.860. The summed E-state index contributed by atoms with van der Waals surface area (Å²) in [6.07, 6.45) is -0.383. The predicted octanol–water partition coefficient (Wildman–Crippen LogP) is -0.244. The van der Waals surface area contributed by atoms with Crippen LogP contribution in [0.2, 0.25) is 0 Å². The topological polar surface area (TPSA) is 79.0 Å². The quantitative estimate of drug-likeness (QED) is 0.662. The Balaban J connectivity index is 1.99. The Morgan fingerprint density at radius 2 is 2.00 bits per heavy atom. The number of carbonyl (C=O) groups is 1. The Kier molecular flexibility index (Phi) is 3.28. The van der Waals surface area contributed by atoms with Crippen LogP contribution in [0.4, 0.5) is 4.79 Å². The molecule has 2 saturated heterocycles. The van der Waals surface area contributed by atoms with Crippen molar-refractivity contribution in [3.8, 4) is 0 Å². The van der Waals surface area contributed by atoms with Crippen molar-refractivity contribution in [3.05, 3.63) is 0 Å². The smallest absolute Gasteiger partial charge is 0.410 e. The van der Waals surface area contributed by atoms with E-state index in [2.05, 4.69) is 4.72 Å². The number of carbonyl (C=O) groups excluding carboxylic acids is 1. The summed E-state index contributed by atoms with van der Waals surface area (Å²) in [5.74, 6) is 0. The van der Waals surface area contributed by atoms with E-state index in [1.54, 1.807) is 4.90 Å². The number of rotatable bonds is 0. The van der Waals surface area contributed by atoms with Gasteiger partial charge >= 0.3 is 6.09 Å². The standard InChI is InChI=1S/C10H19N3O4S/c1-10(2,3)17-9(14)12-4-5-13-8(7-12)6-11-18(13,15)16/h8,11H,4-7H2,1-3H3/t8-/m0/s1. The maximum absolute atomic E-state index is 11.9. The lowest BCUT2D eigenvalue weighted by Gasteiger charge is -2.36. The first-order valence-electron chi connectivity index (χ1n) is 5.93. The summed E-state index contributed by atoms with van der Waals surface area (Å²) in [7, 11) is -3.33. The van der Waals surface area contributed by atoms with Gasteiger partial charge in [0.05, 0.1) is 6.04 Å². The van der Waals surface area contributed by atoms with Gasteiger partial charge in [-0.3, -0.25) is 0 Å². The van der Waals surface area contributed by atoms with Crippen LogP contribution in [0.5, 0.6) is 0 Å². The maximum Gasteiger partial charge on any atom is 0.410 e. The second-order valence-corrected chi connectivity index (χ2v) is 7.25. The third kappa shape index (κ3) is 2.76. The molecule has 0 radical (unpaired) electrons. The van der Waals surface area contributed by atoms with Crippen molar-refractivity contribution in [1.29, 1.82) is 0 Å². The summed E-state index contributed by atoms with van der Waals surface area (Å²) >= 11 is 0. The van der Waals surface area contributed by atoms with Crippen molar-refractivity contribution in [1.82, 2.24) is 13.9 Å². The van der Waals surface area contributed by atoms with Gasteiger partial charge in [-0.25, -0.2) is 9.52 Å². The molecule has 0 aromatic rings. The van der Waals surface area contributed by atoms with E-state index in [0.717, 1.165) is 0 Å². The molecule has 1 atom stereocenters. The van der Waals surface area contributed by atoms with Gasteiger partial charge in [-0.1, -0.05) is 0 Å². The van der Waals surface area contributed by atoms with Gasteiger partial charge in [-0.15, -0.1) is 0 Å². The molecule has 0 aliphatic carbocycles. The van der Waals surface area contributed by atoms with Gasteiger partial charge in [-0.2, -0.15) is 12.7 Å². The molecule has 8 heteroatoms. The Bertz CT molecular complexity index is 443. The number of fused-ring (bicyclic) bond motifs is 1. The highest BCUT2D eigenvalue weighted by Gasteiger charge is 2.42. The molecular weight excluding hydrogens is 258 g/mol. The fraction of sp³-hybridized carbons (Fsp3) is 0.900. The lowest BCUT2D eigenvalue weighted by molar-refractivity contribution is 0.0149. The fourth-order valence-electron chi connectivity index (χ4n) is 2.10. The van der Waals surface area contributed by atoms with E-state index >= 15 is 0 Å². The van der Waals surface area contributed by atoms with Crippen molar-refractivity contribution in [2.24, 2.45) is 0 Å². The van der Waals surface area contributed by atoms with Crippen LogP contribution < -0.4 is 4.72 Å². The van der Waals surface area contributed by atoms with E-state index in [-0.39, 0.29) is 12.1 Å². The summed E-state index contributed by atoms with van der Waals surface area (Å²) in [5, 5.41) is 0. The normalized spacial score (nSPS) is 27.9. The summed E-state index contributed by atoms with van der Waals surface area (Å²) in [4.78, 5) is 13.4. The number of ether oxygens (including phenoxy) is 1. The van der Waals surface area contributed by atoms with Gasteiger partial charge in [-0.05, 0) is 20.8 Å². The van der Waals surface area contributed by atoms with E-state index in [1.807, 2.05) is 20.8 Å². The van der Waals surface area contributed by atoms with E-state index in [1.165, 1.54) is 4.31 Å². The molecule has 0 unspecified atom stereocenters. The highest BCUT2D eigenvalue weighted by Crippen LogP contribution is 2.20. The molecule has 2 fully saturated rings. The number of nitrogens with one attached hydrogen (secondary N) is 1. The first-order valence-corrected chi connectivity index (χ1v) is 7.37. The molecule has 0 spiro atoms. The highest BCUT2D eigenvalue weighted by atomic mass is 32.2. The largest absolute Gasteiger partial charge is 0.444 e. The minimum atomic E-state index is -3.33. The number of hydrogen-bond donors (Lipinski definition) is 1. The van der Waals surface area contributed by atoms with Crippen LogP contribution >= 0.6 is 0 Å². The average Bonchev–Trinajstić information content (AvgIpc) is 2.52. The fourth-order valence-corrected chi connectivity index (χ4v) is 3.52. The van der Waals surface area contributed by atoms with E-state index < -0.39 is 15.8 Å². The summed E-state index contributed by atoms with van der Waals surface area (Å²) < 4.78 is 32.3. The molecule has 7 nitrogen and oxygen atoms in total. The summed E-state index contributed by atoms with van der Waals surface area (Å²) in [5.41, 5.74) is -0.534. The second-order valence-electron chi connectivity index (χ2n) is 5.54. The predicted molar refractivity (Wildman–Crippen MR) is 65.2 cm³/mol. The minimum Gasteiger partial charge on any atom is -0.444 e. The van der Waals surface area contributed by atoms with Crippen molar-refractivity contribution in [2.45, 2.75) is 32.4 Å². The number of hydrogen-bond acceptors (Lipinski definition) is 4. The minimum absolute atomic E-state index is 0.184. The Morgan fingerprint density at radius 1 is 1.33 bits per heavy atom. The molecule has 2 rings (SSSR count). The Morgan fingerprint density at radius 3 is 2.61 bits per heavy atom. The third-order valence-electron chi connectivity index (χ3n) is 2.89. The summed E-state index contributed by atoms with van der Waals surface area (Å²) in [6, 6.07) is -0.184. The van der Waals surface area contributed by atoms with Gasteiger partial charge in [0.1, 0.15) is 5.60 Å². The van der Waals surface area contributed by atoms with Crippen molar-refractivity contribution >= 4 is 16.3 Å². The highest BCUT2D eigenvalue weighted by molar-refractivity contribution is 7.87. The van der Waals surface area contributed by atoms with Crippen LogP contribution in [0, 0.1) is 0 Å². The molecule has 0 aromatic heterocycles. The molecule has 104 valence electrons. The molecule has 0 aromatic carbocycles. The van der Waals surface area contributed by atoms with Crippen molar-refractivity contribution in [3.63, 3.8) is 0 Å². The van der Waals surface area contributed by atoms with Gasteiger partial charge in [0.25, 0.3) is 10.2 Å².